The lowest BCUT2D eigenvalue weighted by molar-refractivity contribution is 0.102. The van der Waals surface area contributed by atoms with Crippen molar-refractivity contribution in [2.24, 2.45) is 0 Å². The summed E-state index contributed by atoms with van der Waals surface area (Å²) in [5.41, 5.74) is 4.14. The molecule has 4 nitrogen and oxygen atoms in total. The molecular formula is C20H14FN3OS. The monoisotopic (exact) mass is 363 g/mol. The van der Waals surface area contributed by atoms with E-state index in [2.05, 4.69) is 34.3 Å². The van der Waals surface area contributed by atoms with E-state index in [0.717, 1.165) is 26.9 Å². The maximum atomic E-state index is 12.8. The van der Waals surface area contributed by atoms with Crippen LogP contribution in [0.5, 0.6) is 0 Å². The molecule has 0 spiro atoms. The van der Waals surface area contributed by atoms with E-state index in [9.17, 15) is 9.18 Å². The Hall–Kier alpha value is -3.12. The number of thiazole rings is 1. The van der Waals surface area contributed by atoms with E-state index in [0.29, 0.717) is 11.3 Å². The number of aryl methyl sites for hydroxylation is 1. The summed E-state index contributed by atoms with van der Waals surface area (Å²) in [6, 6.07) is 16.2. The number of aromatic nitrogens is 2. The minimum atomic E-state index is -0.614. The van der Waals surface area contributed by atoms with Gasteiger partial charge in [0.1, 0.15) is 5.01 Å². The summed E-state index contributed by atoms with van der Waals surface area (Å²) in [5.74, 6) is -0.947. The van der Waals surface area contributed by atoms with Gasteiger partial charge in [0, 0.05) is 17.4 Å². The Labute approximate surface area is 153 Å². The fourth-order valence-electron chi connectivity index (χ4n) is 2.56. The Balaban J connectivity index is 1.54. The minimum absolute atomic E-state index is 0.303. The molecule has 0 aliphatic rings. The first-order valence-corrected chi connectivity index (χ1v) is 8.81. The Kier molecular flexibility index (Phi) is 4.18. The lowest BCUT2D eigenvalue weighted by atomic mass is 10.2. The van der Waals surface area contributed by atoms with Crippen LogP contribution in [0.15, 0.2) is 60.8 Å². The molecule has 4 rings (SSSR count). The number of benzene rings is 2. The molecule has 0 unspecified atom stereocenters. The number of pyridine rings is 1. The lowest BCUT2D eigenvalue weighted by Gasteiger charge is -2.05. The third-order valence-electron chi connectivity index (χ3n) is 3.92. The smallest absolute Gasteiger partial charge is 0.257 e. The van der Waals surface area contributed by atoms with Crippen molar-refractivity contribution in [1.82, 2.24) is 9.97 Å². The fourth-order valence-corrected chi connectivity index (χ4v) is 3.63. The summed E-state index contributed by atoms with van der Waals surface area (Å²) in [7, 11) is 0. The normalized spacial score (nSPS) is 10.8. The molecule has 2 aromatic heterocycles. The Morgan fingerprint density at radius 2 is 1.88 bits per heavy atom. The highest BCUT2D eigenvalue weighted by Gasteiger charge is 2.09. The SMILES string of the molecule is Cc1ccc2nc(-c3ccc(NC(=O)c4ccc(F)nc4)cc3)sc2c1. The zero-order chi connectivity index (χ0) is 18.1. The van der Waals surface area contributed by atoms with E-state index in [-0.39, 0.29) is 5.91 Å². The van der Waals surface area contributed by atoms with Crippen LogP contribution in [0.2, 0.25) is 0 Å². The van der Waals surface area contributed by atoms with Crippen molar-refractivity contribution in [2.45, 2.75) is 6.92 Å². The number of anilines is 1. The van der Waals surface area contributed by atoms with E-state index >= 15 is 0 Å². The zero-order valence-corrected chi connectivity index (χ0v) is 14.7. The van der Waals surface area contributed by atoms with Gasteiger partial charge in [0.25, 0.3) is 5.91 Å². The van der Waals surface area contributed by atoms with Gasteiger partial charge >= 0.3 is 0 Å². The van der Waals surface area contributed by atoms with E-state index < -0.39 is 5.95 Å². The fraction of sp³-hybridized carbons (Fsp3) is 0.0500. The van der Waals surface area contributed by atoms with Crippen LogP contribution in [0, 0.1) is 12.9 Å². The first-order chi connectivity index (χ1) is 12.6. The van der Waals surface area contributed by atoms with Crippen molar-refractivity contribution in [2.75, 3.05) is 5.32 Å². The lowest BCUT2D eigenvalue weighted by Crippen LogP contribution is -2.12. The molecular weight excluding hydrogens is 349 g/mol. The summed E-state index contributed by atoms with van der Waals surface area (Å²) in [6.07, 6.45) is 1.21. The van der Waals surface area contributed by atoms with Crippen molar-refractivity contribution in [1.29, 1.82) is 0 Å². The van der Waals surface area contributed by atoms with Crippen LogP contribution in [0.4, 0.5) is 10.1 Å². The molecule has 26 heavy (non-hydrogen) atoms. The van der Waals surface area contributed by atoms with E-state index in [1.54, 1.807) is 11.3 Å². The molecule has 4 aromatic rings. The van der Waals surface area contributed by atoms with Crippen LogP contribution in [-0.4, -0.2) is 15.9 Å². The summed E-state index contributed by atoms with van der Waals surface area (Å²) < 4.78 is 14.0. The van der Waals surface area contributed by atoms with Crippen LogP contribution in [0.1, 0.15) is 15.9 Å². The molecule has 0 fully saturated rings. The molecule has 0 saturated carbocycles. The van der Waals surface area contributed by atoms with Crippen LogP contribution in [0.25, 0.3) is 20.8 Å². The van der Waals surface area contributed by atoms with Gasteiger partial charge in [-0.1, -0.05) is 6.07 Å². The summed E-state index contributed by atoms with van der Waals surface area (Å²) in [6.45, 7) is 2.06. The van der Waals surface area contributed by atoms with E-state index in [1.807, 2.05) is 30.3 Å². The standard InChI is InChI=1S/C20H14FN3OS/c1-12-2-8-16-17(10-12)26-20(24-16)13-3-6-15(7-4-13)23-19(25)14-5-9-18(21)22-11-14/h2-11H,1H3,(H,23,25). The molecule has 6 heteroatoms. The van der Waals surface area contributed by atoms with Gasteiger partial charge < -0.3 is 5.32 Å². The molecule has 0 atom stereocenters. The number of amides is 1. The van der Waals surface area contributed by atoms with Crippen molar-refractivity contribution >= 4 is 33.1 Å². The average Bonchev–Trinajstić information content (AvgIpc) is 3.06. The molecule has 0 radical (unpaired) electrons. The maximum absolute atomic E-state index is 12.8. The number of rotatable bonds is 3. The van der Waals surface area contributed by atoms with Crippen LogP contribution < -0.4 is 5.32 Å². The van der Waals surface area contributed by atoms with Gasteiger partial charge in [-0.05, 0) is 61.0 Å². The van der Waals surface area contributed by atoms with Crippen molar-refractivity contribution in [3.63, 3.8) is 0 Å². The molecule has 1 amide bonds. The second kappa shape index (κ2) is 6.65. The number of fused-ring (bicyclic) bond motifs is 1. The van der Waals surface area contributed by atoms with Crippen molar-refractivity contribution in [3.05, 3.63) is 77.9 Å². The minimum Gasteiger partial charge on any atom is -0.322 e. The number of carbonyl (C=O) groups excluding carboxylic acids is 1. The summed E-state index contributed by atoms with van der Waals surface area (Å²) >= 11 is 1.64. The number of nitrogens with zero attached hydrogens (tertiary/aromatic N) is 2. The van der Waals surface area contributed by atoms with Crippen molar-refractivity contribution < 1.29 is 9.18 Å². The molecule has 0 aliphatic carbocycles. The number of hydrogen-bond acceptors (Lipinski definition) is 4. The summed E-state index contributed by atoms with van der Waals surface area (Å²) in [5, 5.41) is 3.71. The number of hydrogen-bond donors (Lipinski definition) is 1. The molecule has 1 N–H and O–H groups in total. The molecule has 128 valence electrons. The van der Waals surface area contributed by atoms with E-state index in [1.165, 1.54) is 17.8 Å². The number of nitrogens with one attached hydrogen (secondary N) is 1. The Bertz CT molecular complexity index is 1090. The topological polar surface area (TPSA) is 54.9 Å². The van der Waals surface area contributed by atoms with Crippen molar-refractivity contribution in [3.8, 4) is 10.6 Å². The Morgan fingerprint density at radius 1 is 1.08 bits per heavy atom. The number of carbonyl (C=O) groups is 1. The average molecular weight is 363 g/mol. The highest BCUT2D eigenvalue weighted by Crippen LogP contribution is 2.31. The van der Waals surface area contributed by atoms with Gasteiger partial charge in [-0.15, -0.1) is 11.3 Å². The van der Waals surface area contributed by atoms with Gasteiger partial charge in [0.15, 0.2) is 0 Å². The second-order valence-electron chi connectivity index (χ2n) is 5.89. The van der Waals surface area contributed by atoms with E-state index in [4.69, 9.17) is 0 Å². The molecule has 0 saturated heterocycles. The predicted octanol–water partition coefficient (Wildman–Crippen LogP) is 5.06. The highest BCUT2D eigenvalue weighted by atomic mass is 32.1. The molecule has 0 aliphatic heterocycles. The van der Waals surface area contributed by atoms with Gasteiger partial charge in [0.2, 0.25) is 5.95 Å². The van der Waals surface area contributed by atoms with Gasteiger partial charge in [-0.25, -0.2) is 9.97 Å². The maximum Gasteiger partial charge on any atom is 0.257 e. The molecule has 0 bridgehead atoms. The quantitative estimate of drug-likeness (QED) is 0.518. The Morgan fingerprint density at radius 3 is 2.62 bits per heavy atom. The summed E-state index contributed by atoms with van der Waals surface area (Å²) in [4.78, 5) is 20.3. The molecule has 2 aromatic carbocycles. The zero-order valence-electron chi connectivity index (χ0n) is 13.9. The molecule has 2 heterocycles. The third kappa shape index (κ3) is 3.32. The first kappa shape index (κ1) is 16.4. The van der Waals surface area contributed by atoms with Gasteiger partial charge in [-0.2, -0.15) is 4.39 Å². The predicted molar refractivity (Wildman–Crippen MR) is 102 cm³/mol. The third-order valence-corrected chi connectivity index (χ3v) is 4.99. The van der Waals surface area contributed by atoms with Crippen LogP contribution in [-0.2, 0) is 0 Å². The largest absolute Gasteiger partial charge is 0.322 e. The highest BCUT2D eigenvalue weighted by molar-refractivity contribution is 7.21. The van der Waals surface area contributed by atoms with Crippen LogP contribution in [0.3, 0.4) is 0 Å². The second-order valence-corrected chi connectivity index (χ2v) is 6.92. The van der Waals surface area contributed by atoms with Gasteiger partial charge in [0.05, 0.1) is 15.8 Å². The van der Waals surface area contributed by atoms with Crippen LogP contribution >= 0.6 is 11.3 Å². The first-order valence-electron chi connectivity index (χ1n) is 7.99. The number of halogens is 1. The van der Waals surface area contributed by atoms with Gasteiger partial charge in [-0.3, -0.25) is 4.79 Å².